The van der Waals surface area contributed by atoms with E-state index < -0.39 is 0 Å². The molecule has 0 bridgehead atoms. The third-order valence-corrected chi connectivity index (χ3v) is 3.06. The fourth-order valence-electron chi connectivity index (χ4n) is 1.85. The zero-order valence-corrected chi connectivity index (χ0v) is 10.2. The molecule has 0 aliphatic carbocycles. The van der Waals surface area contributed by atoms with Gasteiger partial charge in [0.15, 0.2) is 0 Å². The van der Waals surface area contributed by atoms with Crippen LogP contribution in [0.1, 0.15) is 23.2 Å². The number of nitrogens with zero attached hydrogens (tertiary/aromatic N) is 1. The lowest BCUT2D eigenvalue weighted by Gasteiger charge is -2.08. The summed E-state index contributed by atoms with van der Waals surface area (Å²) in [6, 6.07) is 3.22. The van der Waals surface area contributed by atoms with Gasteiger partial charge in [0.1, 0.15) is 5.15 Å². The van der Waals surface area contributed by atoms with E-state index in [4.69, 9.17) is 16.3 Å². The molecule has 17 heavy (non-hydrogen) atoms. The largest absolute Gasteiger partial charge is 0.381 e. The minimum absolute atomic E-state index is 0.104. The van der Waals surface area contributed by atoms with E-state index in [1.165, 1.54) is 6.20 Å². The number of nitrogens with one attached hydrogen (secondary N) is 1. The van der Waals surface area contributed by atoms with Crippen molar-refractivity contribution in [1.82, 2.24) is 10.3 Å². The quantitative estimate of drug-likeness (QED) is 0.835. The van der Waals surface area contributed by atoms with Gasteiger partial charge < -0.3 is 10.1 Å². The summed E-state index contributed by atoms with van der Waals surface area (Å²) in [4.78, 5) is 15.6. The molecule has 0 spiro atoms. The van der Waals surface area contributed by atoms with Gasteiger partial charge in [-0.3, -0.25) is 4.79 Å². The maximum atomic E-state index is 11.7. The van der Waals surface area contributed by atoms with Crippen LogP contribution in [0.25, 0.3) is 0 Å². The highest BCUT2D eigenvalue weighted by molar-refractivity contribution is 6.29. The van der Waals surface area contributed by atoms with E-state index in [0.717, 1.165) is 26.1 Å². The molecule has 1 saturated heterocycles. The topological polar surface area (TPSA) is 51.2 Å². The number of halogens is 1. The summed E-state index contributed by atoms with van der Waals surface area (Å²) in [5.74, 6) is 0.476. The molecule has 2 rings (SSSR count). The Morgan fingerprint density at radius 1 is 1.65 bits per heavy atom. The summed E-state index contributed by atoms with van der Waals surface area (Å²) in [6.07, 6.45) is 3.59. The number of amides is 1. The second-order valence-corrected chi connectivity index (χ2v) is 4.53. The normalized spacial score (nSPS) is 19.2. The molecule has 1 amide bonds. The van der Waals surface area contributed by atoms with Crippen LogP contribution in [0.5, 0.6) is 0 Å². The Balaban J connectivity index is 1.77. The third-order valence-electron chi connectivity index (χ3n) is 2.85. The third kappa shape index (κ3) is 3.68. The Bertz CT molecular complexity index is 392. The highest BCUT2D eigenvalue weighted by atomic mass is 35.5. The van der Waals surface area contributed by atoms with Crippen molar-refractivity contribution in [3.05, 3.63) is 29.0 Å². The Kier molecular flexibility index (Phi) is 4.34. The van der Waals surface area contributed by atoms with Crippen LogP contribution < -0.4 is 5.32 Å². The van der Waals surface area contributed by atoms with Gasteiger partial charge in [0.05, 0.1) is 0 Å². The number of aromatic nitrogens is 1. The van der Waals surface area contributed by atoms with Gasteiger partial charge >= 0.3 is 0 Å². The van der Waals surface area contributed by atoms with Crippen molar-refractivity contribution in [2.45, 2.75) is 12.8 Å². The number of hydrogen-bond acceptors (Lipinski definition) is 3. The molecule has 1 aliphatic heterocycles. The summed E-state index contributed by atoms with van der Waals surface area (Å²) in [6.45, 7) is 2.34. The van der Waals surface area contributed by atoms with E-state index in [1.54, 1.807) is 12.1 Å². The summed E-state index contributed by atoms with van der Waals surface area (Å²) < 4.78 is 5.28. The van der Waals surface area contributed by atoms with Crippen LogP contribution >= 0.6 is 11.6 Å². The zero-order chi connectivity index (χ0) is 12.1. The van der Waals surface area contributed by atoms with Crippen molar-refractivity contribution in [2.24, 2.45) is 5.92 Å². The fourth-order valence-corrected chi connectivity index (χ4v) is 2.02. The molecule has 5 heteroatoms. The number of carbonyl (C=O) groups is 1. The first-order chi connectivity index (χ1) is 8.25. The lowest BCUT2D eigenvalue weighted by molar-refractivity contribution is 0.0950. The lowest BCUT2D eigenvalue weighted by atomic mass is 10.1. The van der Waals surface area contributed by atoms with E-state index in [2.05, 4.69) is 10.3 Å². The minimum atomic E-state index is -0.104. The van der Waals surface area contributed by atoms with Gasteiger partial charge in [0.2, 0.25) is 0 Å². The van der Waals surface area contributed by atoms with Gasteiger partial charge in [0.25, 0.3) is 5.91 Å². The first-order valence-electron chi connectivity index (χ1n) is 5.73. The van der Waals surface area contributed by atoms with Crippen LogP contribution in [0.4, 0.5) is 0 Å². The predicted molar refractivity (Wildman–Crippen MR) is 65.1 cm³/mol. The summed E-state index contributed by atoms with van der Waals surface area (Å²) in [5.41, 5.74) is 0.549. The fraction of sp³-hybridized carbons (Fsp3) is 0.500. The molecule has 0 aromatic carbocycles. The first-order valence-corrected chi connectivity index (χ1v) is 6.11. The van der Waals surface area contributed by atoms with E-state index in [9.17, 15) is 4.79 Å². The summed E-state index contributed by atoms with van der Waals surface area (Å²) >= 11 is 5.72. The molecular weight excluding hydrogens is 240 g/mol. The van der Waals surface area contributed by atoms with Crippen LogP contribution in [0.3, 0.4) is 0 Å². The first kappa shape index (κ1) is 12.3. The van der Waals surface area contributed by atoms with Crippen molar-refractivity contribution in [3.63, 3.8) is 0 Å². The molecule has 1 unspecified atom stereocenters. The summed E-state index contributed by atoms with van der Waals surface area (Å²) in [5, 5.41) is 3.21. The second kappa shape index (κ2) is 5.98. The van der Waals surface area contributed by atoms with E-state index >= 15 is 0 Å². The average molecular weight is 255 g/mol. The molecule has 1 N–H and O–H groups in total. The van der Waals surface area contributed by atoms with Gasteiger partial charge in [-0.2, -0.15) is 0 Å². The highest BCUT2D eigenvalue weighted by Gasteiger charge is 2.15. The molecule has 1 fully saturated rings. The Morgan fingerprint density at radius 2 is 2.53 bits per heavy atom. The SMILES string of the molecule is O=C(NCCC1CCOC1)c1ccnc(Cl)c1. The molecule has 1 aromatic rings. The predicted octanol–water partition coefficient (Wildman–Crippen LogP) is 1.89. The standard InChI is InChI=1S/C12H15ClN2O2/c13-11-7-10(2-5-14-11)12(16)15-4-1-9-3-6-17-8-9/h2,5,7,9H,1,3-4,6,8H2,(H,15,16). The molecule has 0 saturated carbocycles. The molecule has 1 aliphatic rings. The monoisotopic (exact) mass is 254 g/mol. The van der Waals surface area contributed by atoms with Crippen molar-refractivity contribution in [2.75, 3.05) is 19.8 Å². The van der Waals surface area contributed by atoms with Gasteiger partial charge in [0, 0.05) is 31.5 Å². The van der Waals surface area contributed by atoms with Crippen molar-refractivity contribution >= 4 is 17.5 Å². The average Bonchev–Trinajstić information content (AvgIpc) is 2.82. The molecule has 2 heterocycles. The number of hydrogen-bond donors (Lipinski definition) is 1. The zero-order valence-electron chi connectivity index (χ0n) is 9.49. The second-order valence-electron chi connectivity index (χ2n) is 4.14. The summed E-state index contributed by atoms with van der Waals surface area (Å²) in [7, 11) is 0. The minimum Gasteiger partial charge on any atom is -0.381 e. The molecular formula is C12H15ClN2O2. The Hall–Kier alpha value is -1.13. The van der Waals surface area contributed by atoms with Crippen LogP contribution in [0, 0.1) is 5.92 Å². The number of ether oxygens (including phenoxy) is 1. The molecule has 1 aromatic heterocycles. The Morgan fingerprint density at radius 3 is 3.24 bits per heavy atom. The van der Waals surface area contributed by atoms with Crippen LogP contribution in [-0.2, 0) is 4.74 Å². The maximum absolute atomic E-state index is 11.7. The van der Waals surface area contributed by atoms with Gasteiger partial charge in [-0.1, -0.05) is 11.6 Å². The van der Waals surface area contributed by atoms with E-state index in [0.29, 0.717) is 23.2 Å². The number of rotatable bonds is 4. The maximum Gasteiger partial charge on any atom is 0.251 e. The highest BCUT2D eigenvalue weighted by Crippen LogP contribution is 2.15. The van der Waals surface area contributed by atoms with Crippen molar-refractivity contribution in [1.29, 1.82) is 0 Å². The Labute approximate surface area is 105 Å². The van der Waals surface area contributed by atoms with Crippen molar-refractivity contribution < 1.29 is 9.53 Å². The smallest absolute Gasteiger partial charge is 0.251 e. The molecule has 0 radical (unpaired) electrons. The van der Waals surface area contributed by atoms with Crippen LogP contribution in [-0.4, -0.2) is 30.6 Å². The molecule has 1 atom stereocenters. The number of carbonyl (C=O) groups excluding carboxylic acids is 1. The number of pyridine rings is 1. The molecule has 92 valence electrons. The lowest BCUT2D eigenvalue weighted by Crippen LogP contribution is -2.26. The van der Waals surface area contributed by atoms with Gasteiger partial charge in [-0.25, -0.2) is 4.98 Å². The van der Waals surface area contributed by atoms with Crippen LogP contribution in [0.15, 0.2) is 18.3 Å². The van der Waals surface area contributed by atoms with Gasteiger partial charge in [-0.15, -0.1) is 0 Å². The van der Waals surface area contributed by atoms with E-state index in [-0.39, 0.29) is 5.91 Å². The van der Waals surface area contributed by atoms with Gasteiger partial charge in [-0.05, 0) is 30.9 Å². The van der Waals surface area contributed by atoms with Crippen molar-refractivity contribution in [3.8, 4) is 0 Å². The van der Waals surface area contributed by atoms with Crippen LogP contribution in [0.2, 0.25) is 5.15 Å². The molecule has 4 nitrogen and oxygen atoms in total. The van der Waals surface area contributed by atoms with E-state index in [1.807, 2.05) is 0 Å².